The van der Waals surface area contributed by atoms with E-state index in [1.165, 1.54) is 12.8 Å². The van der Waals surface area contributed by atoms with Gasteiger partial charge in [-0.1, -0.05) is 17.7 Å². The van der Waals surface area contributed by atoms with Crippen LogP contribution in [0.3, 0.4) is 0 Å². The Bertz CT molecular complexity index is 783. The molecule has 1 saturated heterocycles. The lowest BCUT2D eigenvalue weighted by molar-refractivity contribution is 0.224. The van der Waals surface area contributed by atoms with E-state index in [2.05, 4.69) is 38.5 Å². The maximum absolute atomic E-state index is 9.44. The summed E-state index contributed by atoms with van der Waals surface area (Å²) in [5.41, 5.74) is 1.18. The van der Waals surface area contributed by atoms with Crippen LogP contribution in [0.1, 0.15) is 24.8 Å². The minimum absolute atomic E-state index is 0.402. The normalized spacial score (nSPS) is 16.2. The Labute approximate surface area is 152 Å². The molecule has 3 rings (SSSR count). The molecule has 0 spiro atoms. The van der Waals surface area contributed by atoms with Gasteiger partial charge in [0.25, 0.3) is 0 Å². The number of halogens is 1. The van der Waals surface area contributed by atoms with E-state index in [1.807, 2.05) is 18.3 Å². The Balaban J connectivity index is 1.65. The number of hydrogen-bond donors (Lipinski definition) is 2. The van der Waals surface area contributed by atoms with Crippen LogP contribution in [-0.4, -0.2) is 41.4 Å². The number of nitriles is 1. The number of rotatable bonds is 5. The van der Waals surface area contributed by atoms with Gasteiger partial charge < -0.3 is 10.2 Å². The number of hydrogen-bond acceptors (Lipinski definition) is 5. The third-order valence-corrected chi connectivity index (χ3v) is 4.68. The van der Waals surface area contributed by atoms with Crippen LogP contribution >= 0.6 is 11.6 Å². The monoisotopic (exact) mass is 356 g/mol. The number of benzene rings is 1. The summed E-state index contributed by atoms with van der Waals surface area (Å²) < 4.78 is 0. The highest BCUT2D eigenvalue weighted by molar-refractivity contribution is 6.30. The second-order valence-electron chi connectivity index (χ2n) is 6.34. The Morgan fingerprint density at radius 1 is 1.48 bits per heavy atom. The van der Waals surface area contributed by atoms with Crippen LogP contribution in [0.15, 0.2) is 29.3 Å². The minimum Gasteiger partial charge on any atom is -0.338 e. The first-order chi connectivity index (χ1) is 12.2. The van der Waals surface area contributed by atoms with Gasteiger partial charge in [0, 0.05) is 16.9 Å². The Kier molecular flexibility index (Phi) is 5.69. The molecule has 0 saturated carbocycles. The molecule has 6 nitrogen and oxygen atoms in total. The molecular formula is C18H21ClN6. The standard InChI is InChI=1S/C18H21ClN6/c1-25-9-6-13(7-10-25)5-8-21-17-16(12-20)18(24-23-17)22-15-4-2-3-14(19)11-15/h2-4,8,11,13H,5-7,9-10H2,1H3,(H2,22,23,24)/b21-8+. The zero-order valence-corrected chi connectivity index (χ0v) is 14.9. The molecular weight excluding hydrogens is 336 g/mol. The maximum atomic E-state index is 9.44. The number of anilines is 2. The highest BCUT2D eigenvalue weighted by atomic mass is 35.5. The van der Waals surface area contributed by atoms with Gasteiger partial charge in [0.2, 0.25) is 0 Å². The van der Waals surface area contributed by atoms with Crippen LogP contribution in [0.25, 0.3) is 0 Å². The van der Waals surface area contributed by atoms with Crippen LogP contribution < -0.4 is 5.32 Å². The molecule has 1 fully saturated rings. The predicted molar refractivity (Wildman–Crippen MR) is 101 cm³/mol. The number of H-pyrrole nitrogens is 1. The molecule has 0 amide bonds. The van der Waals surface area contributed by atoms with Crippen molar-refractivity contribution in [3.05, 3.63) is 34.9 Å². The zero-order chi connectivity index (χ0) is 17.6. The van der Waals surface area contributed by atoms with E-state index in [0.717, 1.165) is 25.2 Å². The number of aliphatic imine (C=N–C) groups is 1. The van der Waals surface area contributed by atoms with Crippen LogP contribution in [0.2, 0.25) is 5.02 Å². The molecule has 1 aliphatic rings. The van der Waals surface area contributed by atoms with Gasteiger partial charge in [-0.25, -0.2) is 4.99 Å². The SMILES string of the molecule is CN1CCC(C/C=N/c2[nH]nc(Nc3cccc(Cl)c3)c2C#N)CC1. The highest BCUT2D eigenvalue weighted by Gasteiger charge is 2.16. The molecule has 2 heterocycles. The van der Waals surface area contributed by atoms with Crippen molar-refractivity contribution in [3.8, 4) is 6.07 Å². The summed E-state index contributed by atoms with van der Waals surface area (Å²) in [5.74, 6) is 1.61. The van der Waals surface area contributed by atoms with E-state index in [1.54, 1.807) is 12.1 Å². The fourth-order valence-electron chi connectivity index (χ4n) is 2.92. The van der Waals surface area contributed by atoms with E-state index in [0.29, 0.717) is 28.1 Å². The van der Waals surface area contributed by atoms with Gasteiger partial charge in [0.15, 0.2) is 11.6 Å². The van der Waals surface area contributed by atoms with Crippen LogP contribution in [0, 0.1) is 17.2 Å². The smallest absolute Gasteiger partial charge is 0.172 e. The topological polar surface area (TPSA) is 80.1 Å². The Morgan fingerprint density at radius 3 is 3.00 bits per heavy atom. The molecule has 0 atom stereocenters. The van der Waals surface area contributed by atoms with Crippen molar-refractivity contribution in [2.45, 2.75) is 19.3 Å². The molecule has 25 heavy (non-hydrogen) atoms. The van der Waals surface area contributed by atoms with E-state index < -0.39 is 0 Å². The molecule has 2 N–H and O–H groups in total. The third-order valence-electron chi connectivity index (χ3n) is 4.44. The number of nitrogens with zero attached hydrogens (tertiary/aromatic N) is 4. The number of nitrogens with one attached hydrogen (secondary N) is 2. The molecule has 7 heteroatoms. The molecule has 1 aliphatic heterocycles. The molecule has 130 valence electrons. The van der Waals surface area contributed by atoms with E-state index in [-0.39, 0.29) is 0 Å². The van der Waals surface area contributed by atoms with Crippen molar-refractivity contribution < 1.29 is 0 Å². The Morgan fingerprint density at radius 2 is 2.28 bits per heavy atom. The number of aromatic nitrogens is 2. The van der Waals surface area contributed by atoms with Gasteiger partial charge in [0.1, 0.15) is 11.6 Å². The lowest BCUT2D eigenvalue weighted by Crippen LogP contribution is -2.30. The van der Waals surface area contributed by atoms with Crippen molar-refractivity contribution in [3.63, 3.8) is 0 Å². The van der Waals surface area contributed by atoms with E-state index in [9.17, 15) is 5.26 Å². The van der Waals surface area contributed by atoms with Gasteiger partial charge in [-0.3, -0.25) is 5.10 Å². The number of likely N-dealkylation sites (tertiary alicyclic amines) is 1. The lowest BCUT2D eigenvalue weighted by Gasteiger charge is -2.27. The number of aromatic amines is 1. The van der Waals surface area contributed by atoms with Gasteiger partial charge in [-0.15, -0.1) is 0 Å². The third kappa shape index (κ3) is 4.59. The summed E-state index contributed by atoms with van der Waals surface area (Å²) in [4.78, 5) is 6.78. The molecule has 1 aromatic heterocycles. The summed E-state index contributed by atoms with van der Waals surface area (Å²) >= 11 is 5.98. The fourth-order valence-corrected chi connectivity index (χ4v) is 3.11. The van der Waals surface area contributed by atoms with Crippen molar-refractivity contribution in [1.29, 1.82) is 5.26 Å². The van der Waals surface area contributed by atoms with Crippen LogP contribution in [-0.2, 0) is 0 Å². The average molecular weight is 357 g/mol. The van der Waals surface area contributed by atoms with Crippen molar-refractivity contribution in [1.82, 2.24) is 15.1 Å². The second-order valence-corrected chi connectivity index (χ2v) is 6.77. The predicted octanol–water partition coefficient (Wildman–Crippen LogP) is 4.11. The maximum Gasteiger partial charge on any atom is 0.172 e. The van der Waals surface area contributed by atoms with E-state index >= 15 is 0 Å². The second kappa shape index (κ2) is 8.15. The van der Waals surface area contributed by atoms with Crippen molar-refractivity contribution >= 4 is 35.1 Å². The van der Waals surface area contributed by atoms with Gasteiger partial charge in [-0.2, -0.15) is 10.4 Å². The molecule has 0 unspecified atom stereocenters. The molecule has 1 aromatic carbocycles. The van der Waals surface area contributed by atoms with Crippen LogP contribution in [0.4, 0.5) is 17.3 Å². The summed E-state index contributed by atoms with van der Waals surface area (Å²) in [6.45, 7) is 2.28. The first kappa shape index (κ1) is 17.5. The van der Waals surface area contributed by atoms with Crippen molar-refractivity contribution in [2.24, 2.45) is 10.9 Å². The van der Waals surface area contributed by atoms with Gasteiger partial charge >= 0.3 is 0 Å². The highest BCUT2D eigenvalue weighted by Crippen LogP contribution is 2.27. The average Bonchev–Trinajstić information content (AvgIpc) is 2.98. The van der Waals surface area contributed by atoms with Gasteiger partial charge in [-0.05, 0) is 63.5 Å². The minimum atomic E-state index is 0.402. The molecule has 0 radical (unpaired) electrons. The largest absolute Gasteiger partial charge is 0.338 e. The summed E-state index contributed by atoms with van der Waals surface area (Å²) in [6, 6.07) is 9.44. The quantitative estimate of drug-likeness (QED) is 0.790. The molecule has 2 aromatic rings. The Hall–Kier alpha value is -2.36. The summed E-state index contributed by atoms with van der Waals surface area (Å²) in [7, 11) is 2.16. The zero-order valence-electron chi connectivity index (χ0n) is 14.2. The molecule has 0 aliphatic carbocycles. The number of piperidine rings is 1. The van der Waals surface area contributed by atoms with Crippen LogP contribution in [0.5, 0.6) is 0 Å². The first-order valence-electron chi connectivity index (χ1n) is 8.38. The van der Waals surface area contributed by atoms with E-state index in [4.69, 9.17) is 11.6 Å². The summed E-state index contributed by atoms with van der Waals surface area (Å²) in [5, 5.41) is 20.2. The first-order valence-corrected chi connectivity index (χ1v) is 8.75. The lowest BCUT2D eigenvalue weighted by atomic mass is 9.94. The molecule has 0 bridgehead atoms. The fraction of sp³-hybridized carbons (Fsp3) is 0.389. The van der Waals surface area contributed by atoms with Crippen molar-refractivity contribution in [2.75, 3.05) is 25.5 Å². The van der Waals surface area contributed by atoms with Gasteiger partial charge in [0.05, 0.1) is 0 Å². The summed E-state index contributed by atoms with van der Waals surface area (Å²) in [6.07, 6.45) is 5.21.